The van der Waals surface area contributed by atoms with Gasteiger partial charge >= 0.3 is 0 Å². The quantitative estimate of drug-likeness (QED) is 0.794. The largest absolute Gasteiger partial charge is 0.341 e. The van der Waals surface area contributed by atoms with Gasteiger partial charge in [-0.3, -0.25) is 24.3 Å². The molecule has 3 amide bonds. The smallest absolute Gasteiger partial charge is 0.294 e. The second kappa shape index (κ2) is 6.31. The Morgan fingerprint density at radius 3 is 2.73 bits per heavy atom. The van der Waals surface area contributed by atoms with Gasteiger partial charge in [0.15, 0.2) is 0 Å². The molecule has 3 rings (SSSR count). The van der Waals surface area contributed by atoms with Crippen molar-refractivity contribution in [2.24, 2.45) is 0 Å². The van der Waals surface area contributed by atoms with Crippen LogP contribution in [-0.2, 0) is 9.59 Å². The van der Waals surface area contributed by atoms with Crippen molar-refractivity contribution in [2.45, 2.75) is 12.8 Å². The minimum absolute atomic E-state index is 0.168. The molecule has 0 aliphatic carbocycles. The van der Waals surface area contributed by atoms with Crippen molar-refractivity contribution in [3.63, 3.8) is 0 Å². The summed E-state index contributed by atoms with van der Waals surface area (Å²) in [5, 5.41) is -0.403. The number of carbonyl (C=O) groups is 3. The molecule has 6 nitrogen and oxygen atoms in total. The molecule has 0 saturated carbocycles. The van der Waals surface area contributed by atoms with Crippen LogP contribution in [0.5, 0.6) is 0 Å². The molecule has 0 unspecified atom stereocenters. The highest BCUT2D eigenvalue weighted by Crippen LogP contribution is 2.31. The number of hydrogen-bond donors (Lipinski definition) is 0. The van der Waals surface area contributed by atoms with Crippen molar-refractivity contribution in [1.29, 1.82) is 0 Å². The van der Waals surface area contributed by atoms with Crippen LogP contribution < -0.4 is 0 Å². The highest BCUT2D eigenvalue weighted by Gasteiger charge is 2.37. The van der Waals surface area contributed by atoms with E-state index in [4.69, 9.17) is 0 Å². The topological polar surface area (TPSA) is 70.6 Å². The molecule has 0 radical (unpaired) electrons. The molecule has 0 N–H and O–H groups in total. The molecule has 114 valence electrons. The van der Waals surface area contributed by atoms with E-state index in [1.54, 1.807) is 35.4 Å². The first-order valence-electron chi connectivity index (χ1n) is 7.09. The van der Waals surface area contributed by atoms with Crippen molar-refractivity contribution in [3.05, 3.63) is 35.0 Å². The summed E-state index contributed by atoms with van der Waals surface area (Å²) in [6.45, 7) is 1.24. The number of rotatable bonds is 3. The Kier molecular flexibility index (Phi) is 4.24. The van der Waals surface area contributed by atoms with E-state index in [1.807, 2.05) is 0 Å². The van der Waals surface area contributed by atoms with E-state index < -0.39 is 11.1 Å². The number of thioether (sulfide) groups is 1. The molecule has 2 fully saturated rings. The van der Waals surface area contributed by atoms with Crippen LogP contribution >= 0.6 is 11.8 Å². The number of imide groups is 1. The van der Waals surface area contributed by atoms with Crippen molar-refractivity contribution in [3.8, 4) is 0 Å². The number of nitrogens with zero attached hydrogens (tertiary/aromatic N) is 3. The van der Waals surface area contributed by atoms with Crippen LogP contribution in [0.4, 0.5) is 4.79 Å². The van der Waals surface area contributed by atoms with Gasteiger partial charge in [0.1, 0.15) is 6.54 Å². The lowest BCUT2D eigenvalue weighted by Crippen LogP contribution is -2.40. The molecule has 0 atom stereocenters. The van der Waals surface area contributed by atoms with Crippen LogP contribution in [0.1, 0.15) is 18.5 Å². The maximum absolute atomic E-state index is 12.3. The molecule has 1 aromatic rings. The Balaban J connectivity index is 1.71. The van der Waals surface area contributed by atoms with E-state index in [-0.39, 0.29) is 12.5 Å². The molecular formula is C15H15N3O3S. The van der Waals surface area contributed by atoms with E-state index in [2.05, 4.69) is 4.98 Å². The SMILES string of the molecule is O=C(CN1C(=O)S/C(=C\c2ccccn2)C1=O)N1CCCC1. The number of pyridine rings is 1. The third-order valence-corrected chi connectivity index (χ3v) is 4.50. The zero-order valence-electron chi connectivity index (χ0n) is 11.9. The fourth-order valence-electron chi connectivity index (χ4n) is 2.43. The number of aromatic nitrogens is 1. The van der Waals surface area contributed by atoms with Crippen LogP contribution in [-0.4, -0.2) is 51.5 Å². The third kappa shape index (κ3) is 3.04. The summed E-state index contributed by atoms with van der Waals surface area (Å²) in [4.78, 5) is 43.5. The van der Waals surface area contributed by atoms with Crippen LogP contribution in [0, 0.1) is 0 Å². The third-order valence-electron chi connectivity index (χ3n) is 3.59. The number of carbonyl (C=O) groups excluding carboxylic acids is 3. The van der Waals surface area contributed by atoms with Gasteiger partial charge in [0.2, 0.25) is 5.91 Å². The summed E-state index contributed by atoms with van der Waals surface area (Å²) >= 11 is 0.849. The van der Waals surface area contributed by atoms with Crippen LogP contribution in [0.15, 0.2) is 29.3 Å². The first-order chi connectivity index (χ1) is 10.6. The van der Waals surface area contributed by atoms with Crippen molar-refractivity contribution < 1.29 is 14.4 Å². The van der Waals surface area contributed by atoms with Gasteiger partial charge in [0.05, 0.1) is 10.6 Å². The minimum atomic E-state index is -0.423. The Bertz CT molecular complexity index is 639. The Labute approximate surface area is 132 Å². The lowest BCUT2D eigenvalue weighted by molar-refractivity contribution is -0.135. The average molecular weight is 317 g/mol. The van der Waals surface area contributed by atoms with Crippen LogP contribution in [0.2, 0.25) is 0 Å². The van der Waals surface area contributed by atoms with Gasteiger partial charge in [-0.05, 0) is 42.8 Å². The summed E-state index contributed by atoms with van der Waals surface area (Å²) in [6, 6.07) is 5.33. The molecule has 2 aliphatic heterocycles. The van der Waals surface area contributed by atoms with E-state index in [9.17, 15) is 14.4 Å². The van der Waals surface area contributed by atoms with Crippen LogP contribution in [0.25, 0.3) is 6.08 Å². The van der Waals surface area contributed by atoms with Gasteiger partial charge in [0, 0.05) is 19.3 Å². The highest BCUT2D eigenvalue weighted by molar-refractivity contribution is 8.18. The molecule has 3 heterocycles. The predicted molar refractivity (Wildman–Crippen MR) is 82.7 cm³/mol. The summed E-state index contributed by atoms with van der Waals surface area (Å²) in [5.74, 6) is -0.591. The first-order valence-corrected chi connectivity index (χ1v) is 7.91. The molecule has 2 saturated heterocycles. The molecule has 0 aromatic carbocycles. The first kappa shape index (κ1) is 14.8. The fraction of sp³-hybridized carbons (Fsp3) is 0.333. The van der Waals surface area contributed by atoms with E-state index >= 15 is 0 Å². The Morgan fingerprint density at radius 1 is 1.27 bits per heavy atom. The molecule has 0 bridgehead atoms. The molecule has 1 aromatic heterocycles. The van der Waals surface area contributed by atoms with Gasteiger partial charge in [0.25, 0.3) is 11.1 Å². The van der Waals surface area contributed by atoms with Crippen molar-refractivity contribution in [2.75, 3.05) is 19.6 Å². The maximum atomic E-state index is 12.3. The number of likely N-dealkylation sites (tertiary alicyclic amines) is 1. The predicted octanol–water partition coefficient (Wildman–Crippen LogP) is 1.74. The fourth-order valence-corrected chi connectivity index (χ4v) is 3.26. The van der Waals surface area contributed by atoms with E-state index in [0.717, 1.165) is 29.5 Å². The minimum Gasteiger partial charge on any atom is -0.341 e. The lowest BCUT2D eigenvalue weighted by atomic mass is 10.3. The van der Waals surface area contributed by atoms with Gasteiger partial charge < -0.3 is 4.90 Å². The second-order valence-electron chi connectivity index (χ2n) is 5.11. The van der Waals surface area contributed by atoms with Gasteiger partial charge in [-0.15, -0.1) is 0 Å². The summed E-state index contributed by atoms with van der Waals surface area (Å²) in [6.07, 6.45) is 5.15. The molecule has 22 heavy (non-hydrogen) atoms. The zero-order chi connectivity index (χ0) is 15.5. The number of hydrogen-bond acceptors (Lipinski definition) is 5. The molecule has 7 heteroatoms. The van der Waals surface area contributed by atoms with Crippen LogP contribution in [0.3, 0.4) is 0 Å². The average Bonchev–Trinajstić information content (AvgIpc) is 3.13. The summed E-state index contributed by atoms with van der Waals surface area (Å²) in [7, 11) is 0. The van der Waals surface area contributed by atoms with Gasteiger partial charge in [-0.1, -0.05) is 6.07 Å². The van der Waals surface area contributed by atoms with Crippen molar-refractivity contribution >= 4 is 34.9 Å². The highest BCUT2D eigenvalue weighted by atomic mass is 32.2. The standard InChI is InChI=1S/C15H15N3O3S/c19-13(17-7-3-4-8-17)10-18-14(20)12(22-15(18)21)9-11-5-1-2-6-16-11/h1-2,5-6,9H,3-4,7-8,10H2/b12-9-. The summed E-state index contributed by atoms with van der Waals surface area (Å²) in [5.41, 5.74) is 0.610. The van der Waals surface area contributed by atoms with Gasteiger partial charge in [-0.2, -0.15) is 0 Å². The molecule has 0 spiro atoms. The monoisotopic (exact) mass is 317 g/mol. The molecular weight excluding hydrogens is 302 g/mol. The second-order valence-corrected chi connectivity index (χ2v) is 6.10. The zero-order valence-corrected chi connectivity index (χ0v) is 12.7. The van der Waals surface area contributed by atoms with Gasteiger partial charge in [-0.25, -0.2) is 0 Å². The number of amides is 3. The normalized spacial score (nSPS) is 20.3. The lowest BCUT2D eigenvalue weighted by Gasteiger charge is -2.18. The maximum Gasteiger partial charge on any atom is 0.294 e. The van der Waals surface area contributed by atoms with E-state index in [0.29, 0.717) is 23.7 Å². The Morgan fingerprint density at radius 2 is 2.05 bits per heavy atom. The van der Waals surface area contributed by atoms with E-state index in [1.165, 1.54) is 0 Å². The summed E-state index contributed by atoms with van der Waals surface area (Å²) < 4.78 is 0. The Hall–Kier alpha value is -2.15. The van der Waals surface area contributed by atoms with Crippen molar-refractivity contribution in [1.82, 2.24) is 14.8 Å². The molecule has 2 aliphatic rings.